The minimum atomic E-state index is -0.520. The average Bonchev–Trinajstić information content (AvgIpc) is 2.81. The fourth-order valence-corrected chi connectivity index (χ4v) is 1.81. The lowest BCUT2D eigenvalue weighted by Gasteiger charge is -2.12. The van der Waals surface area contributed by atoms with Gasteiger partial charge in [0.2, 0.25) is 0 Å². The highest BCUT2D eigenvalue weighted by Crippen LogP contribution is 2.17. The lowest BCUT2D eigenvalue weighted by Crippen LogP contribution is -2.21. The van der Waals surface area contributed by atoms with Crippen molar-refractivity contribution in [2.24, 2.45) is 0 Å². The van der Waals surface area contributed by atoms with Gasteiger partial charge in [0, 0.05) is 19.3 Å². The Morgan fingerprint density at radius 3 is 2.94 bits per heavy atom. The van der Waals surface area contributed by atoms with Gasteiger partial charge in [0.25, 0.3) is 5.91 Å². The molecule has 2 N–H and O–H groups in total. The van der Waals surface area contributed by atoms with Crippen LogP contribution in [0.15, 0.2) is 18.2 Å². The molecule has 17 heavy (non-hydrogen) atoms. The maximum Gasteiger partial charge on any atom is 0.253 e. The van der Waals surface area contributed by atoms with Crippen LogP contribution in [0.2, 0.25) is 0 Å². The maximum absolute atomic E-state index is 13.6. The summed E-state index contributed by atoms with van der Waals surface area (Å²) in [5.74, 6) is -0.938. The second kappa shape index (κ2) is 5.14. The number of nitrogens with one attached hydrogen (secondary N) is 2. The Balaban J connectivity index is 2.10. The molecule has 0 radical (unpaired) electrons. The van der Waals surface area contributed by atoms with Crippen LogP contribution in [0.1, 0.15) is 16.8 Å². The van der Waals surface area contributed by atoms with Crippen molar-refractivity contribution in [2.75, 3.05) is 25.6 Å². The number of amides is 1. The molecule has 1 fully saturated rings. The number of hydrogen-bond acceptors (Lipinski definition) is 3. The topological polar surface area (TPSA) is 50.4 Å². The Labute approximate surface area is 99.2 Å². The summed E-state index contributed by atoms with van der Waals surface area (Å²) in [6, 6.07) is 4.74. The Morgan fingerprint density at radius 1 is 1.53 bits per heavy atom. The molecule has 1 saturated heterocycles. The zero-order valence-electron chi connectivity index (χ0n) is 9.63. The molecule has 1 amide bonds. The van der Waals surface area contributed by atoms with E-state index >= 15 is 0 Å². The lowest BCUT2D eigenvalue weighted by molar-refractivity contribution is 0.0959. The molecule has 1 heterocycles. The van der Waals surface area contributed by atoms with Crippen LogP contribution < -0.4 is 10.6 Å². The average molecular weight is 238 g/mol. The highest BCUT2D eigenvalue weighted by Gasteiger charge is 2.16. The van der Waals surface area contributed by atoms with E-state index < -0.39 is 11.7 Å². The number of benzene rings is 1. The van der Waals surface area contributed by atoms with Gasteiger partial charge in [0.05, 0.1) is 18.2 Å². The summed E-state index contributed by atoms with van der Waals surface area (Å²) in [5.41, 5.74) is 0.728. The van der Waals surface area contributed by atoms with Gasteiger partial charge in [0.1, 0.15) is 5.82 Å². The third-order valence-electron chi connectivity index (χ3n) is 2.74. The molecule has 0 spiro atoms. The fourth-order valence-electron chi connectivity index (χ4n) is 1.81. The lowest BCUT2D eigenvalue weighted by atomic mass is 10.1. The smallest absolute Gasteiger partial charge is 0.253 e. The van der Waals surface area contributed by atoms with Gasteiger partial charge in [-0.15, -0.1) is 0 Å². The van der Waals surface area contributed by atoms with Crippen LogP contribution in [0.5, 0.6) is 0 Å². The summed E-state index contributed by atoms with van der Waals surface area (Å²) < 4.78 is 18.8. The number of hydrogen-bond donors (Lipinski definition) is 2. The molecule has 1 atom stereocenters. The van der Waals surface area contributed by atoms with Crippen LogP contribution >= 0.6 is 0 Å². The maximum atomic E-state index is 13.6. The monoisotopic (exact) mass is 238 g/mol. The van der Waals surface area contributed by atoms with Crippen molar-refractivity contribution < 1.29 is 13.9 Å². The van der Waals surface area contributed by atoms with Crippen molar-refractivity contribution in [2.45, 2.75) is 12.5 Å². The Morgan fingerprint density at radius 2 is 2.35 bits per heavy atom. The predicted molar refractivity (Wildman–Crippen MR) is 62.6 cm³/mol. The van der Waals surface area contributed by atoms with Gasteiger partial charge in [0.15, 0.2) is 0 Å². The van der Waals surface area contributed by atoms with Gasteiger partial charge in [-0.1, -0.05) is 0 Å². The number of anilines is 1. The molecule has 0 aliphatic carbocycles. The minimum absolute atomic E-state index is 0.0562. The minimum Gasteiger partial charge on any atom is -0.380 e. The molecular weight excluding hydrogens is 223 g/mol. The van der Waals surface area contributed by atoms with E-state index in [9.17, 15) is 9.18 Å². The summed E-state index contributed by atoms with van der Waals surface area (Å²) in [6.45, 7) is 1.37. The van der Waals surface area contributed by atoms with E-state index in [4.69, 9.17) is 4.74 Å². The van der Waals surface area contributed by atoms with Gasteiger partial charge < -0.3 is 15.4 Å². The first-order chi connectivity index (χ1) is 8.20. The van der Waals surface area contributed by atoms with Crippen molar-refractivity contribution in [3.63, 3.8) is 0 Å². The predicted octanol–water partition coefficient (Wildman–Crippen LogP) is 1.39. The summed E-state index contributed by atoms with van der Waals surface area (Å²) in [5, 5.41) is 5.56. The van der Waals surface area contributed by atoms with E-state index in [2.05, 4.69) is 10.6 Å². The van der Waals surface area contributed by atoms with E-state index in [1.165, 1.54) is 19.2 Å². The molecule has 2 rings (SSSR count). The molecule has 1 aromatic carbocycles. The summed E-state index contributed by atoms with van der Waals surface area (Å²) in [6.07, 6.45) is 0.915. The molecule has 1 aliphatic rings. The number of ether oxygens (including phenoxy) is 1. The summed E-state index contributed by atoms with van der Waals surface area (Å²) in [7, 11) is 1.48. The number of carbonyl (C=O) groups is 1. The Hall–Kier alpha value is -1.62. The van der Waals surface area contributed by atoms with Gasteiger partial charge in [-0.2, -0.15) is 0 Å². The van der Waals surface area contributed by atoms with E-state index in [0.717, 1.165) is 13.0 Å². The SMILES string of the molecule is CNC(=O)c1ccc(N[C@H]2CCOC2)cc1F. The van der Waals surface area contributed by atoms with E-state index in [-0.39, 0.29) is 11.6 Å². The highest BCUT2D eigenvalue weighted by atomic mass is 19.1. The van der Waals surface area contributed by atoms with Crippen molar-refractivity contribution in [1.82, 2.24) is 5.32 Å². The van der Waals surface area contributed by atoms with Crippen molar-refractivity contribution >= 4 is 11.6 Å². The number of rotatable bonds is 3. The van der Waals surface area contributed by atoms with Gasteiger partial charge >= 0.3 is 0 Å². The van der Waals surface area contributed by atoms with Crippen molar-refractivity contribution in [3.05, 3.63) is 29.6 Å². The first-order valence-corrected chi connectivity index (χ1v) is 5.56. The zero-order valence-corrected chi connectivity index (χ0v) is 9.63. The van der Waals surface area contributed by atoms with E-state index in [1.807, 2.05) is 0 Å². The van der Waals surface area contributed by atoms with Gasteiger partial charge in [-0.3, -0.25) is 4.79 Å². The zero-order chi connectivity index (χ0) is 12.3. The molecule has 92 valence electrons. The van der Waals surface area contributed by atoms with Gasteiger partial charge in [-0.25, -0.2) is 4.39 Å². The van der Waals surface area contributed by atoms with Crippen LogP contribution in [-0.2, 0) is 4.74 Å². The van der Waals surface area contributed by atoms with E-state index in [1.54, 1.807) is 6.07 Å². The molecule has 4 nitrogen and oxygen atoms in total. The van der Waals surface area contributed by atoms with Crippen LogP contribution in [-0.4, -0.2) is 32.2 Å². The molecule has 5 heteroatoms. The first-order valence-electron chi connectivity index (χ1n) is 5.56. The number of carbonyl (C=O) groups excluding carboxylic acids is 1. The molecule has 1 aromatic rings. The van der Waals surface area contributed by atoms with Crippen molar-refractivity contribution in [3.8, 4) is 0 Å². The second-order valence-corrected chi connectivity index (χ2v) is 3.98. The molecule has 0 bridgehead atoms. The summed E-state index contributed by atoms with van der Waals surface area (Å²) in [4.78, 5) is 11.3. The van der Waals surface area contributed by atoms with E-state index in [0.29, 0.717) is 12.3 Å². The third-order valence-corrected chi connectivity index (χ3v) is 2.74. The normalized spacial score (nSPS) is 19.1. The molecule has 0 unspecified atom stereocenters. The van der Waals surface area contributed by atoms with Crippen LogP contribution in [0.3, 0.4) is 0 Å². The van der Waals surface area contributed by atoms with Gasteiger partial charge in [-0.05, 0) is 24.6 Å². The quantitative estimate of drug-likeness (QED) is 0.836. The van der Waals surface area contributed by atoms with Crippen LogP contribution in [0.25, 0.3) is 0 Å². The first kappa shape index (κ1) is 11.9. The standard InChI is InChI=1S/C12H15FN2O2/c1-14-12(16)10-3-2-8(6-11(10)13)15-9-4-5-17-7-9/h2-3,6,9,15H,4-5,7H2,1H3,(H,14,16)/t9-/m0/s1. The number of halogens is 1. The molecule has 0 saturated carbocycles. The fraction of sp³-hybridized carbons (Fsp3) is 0.417. The van der Waals surface area contributed by atoms with Crippen LogP contribution in [0, 0.1) is 5.82 Å². The largest absolute Gasteiger partial charge is 0.380 e. The Kier molecular flexibility index (Phi) is 3.58. The highest BCUT2D eigenvalue weighted by molar-refractivity contribution is 5.94. The summed E-state index contributed by atoms with van der Waals surface area (Å²) >= 11 is 0. The Bertz CT molecular complexity index is 417. The van der Waals surface area contributed by atoms with Crippen LogP contribution in [0.4, 0.5) is 10.1 Å². The molecule has 1 aliphatic heterocycles. The molecule has 0 aromatic heterocycles. The second-order valence-electron chi connectivity index (χ2n) is 3.98. The molecular formula is C12H15FN2O2. The van der Waals surface area contributed by atoms with Crippen molar-refractivity contribution in [1.29, 1.82) is 0 Å². The third kappa shape index (κ3) is 2.74.